The molecule has 0 fully saturated rings. The van der Waals surface area contributed by atoms with Crippen LogP contribution in [0.25, 0.3) is 11.2 Å². The Labute approximate surface area is 103 Å². The van der Waals surface area contributed by atoms with Crippen molar-refractivity contribution in [1.82, 2.24) is 19.5 Å². The van der Waals surface area contributed by atoms with Crippen LogP contribution in [0.15, 0.2) is 18.9 Å². The quantitative estimate of drug-likeness (QED) is 0.575. The van der Waals surface area contributed by atoms with Crippen molar-refractivity contribution in [3.63, 3.8) is 0 Å². The minimum Gasteiger partial charge on any atom is -0.394 e. The standard InChI is InChI=1S/C10H14N4O4/c15-2-8(17)9(3-16)18-6-14-5-13-7-1-11-4-12-10(7)14/h1,4-5,8-9,15-17H,2-3,6H2/t8-,9+/m0/s1. The van der Waals surface area contributed by atoms with E-state index in [2.05, 4.69) is 15.0 Å². The van der Waals surface area contributed by atoms with Crippen LogP contribution in [-0.2, 0) is 11.5 Å². The van der Waals surface area contributed by atoms with E-state index in [0.29, 0.717) is 11.2 Å². The Morgan fingerprint density at radius 3 is 2.83 bits per heavy atom. The van der Waals surface area contributed by atoms with Gasteiger partial charge in [-0.05, 0) is 0 Å². The Balaban J connectivity index is 2.05. The summed E-state index contributed by atoms with van der Waals surface area (Å²) in [6.07, 6.45) is 2.52. The highest BCUT2D eigenvalue weighted by Gasteiger charge is 2.18. The average Bonchev–Trinajstić information content (AvgIpc) is 2.82. The first-order valence-corrected chi connectivity index (χ1v) is 5.38. The first-order valence-electron chi connectivity index (χ1n) is 5.38. The van der Waals surface area contributed by atoms with Crippen molar-refractivity contribution in [3.8, 4) is 0 Å². The monoisotopic (exact) mass is 254 g/mol. The van der Waals surface area contributed by atoms with Gasteiger partial charge >= 0.3 is 0 Å². The maximum absolute atomic E-state index is 9.37. The van der Waals surface area contributed by atoms with E-state index < -0.39 is 18.8 Å². The fraction of sp³-hybridized carbons (Fsp3) is 0.500. The summed E-state index contributed by atoms with van der Waals surface area (Å²) in [7, 11) is 0. The van der Waals surface area contributed by atoms with Crippen molar-refractivity contribution in [1.29, 1.82) is 0 Å². The van der Waals surface area contributed by atoms with E-state index in [-0.39, 0.29) is 13.3 Å². The summed E-state index contributed by atoms with van der Waals surface area (Å²) in [6.45, 7) is -0.794. The highest BCUT2D eigenvalue weighted by molar-refractivity contribution is 5.68. The van der Waals surface area contributed by atoms with Crippen LogP contribution in [0.3, 0.4) is 0 Å². The van der Waals surface area contributed by atoms with Crippen molar-refractivity contribution in [3.05, 3.63) is 18.9 Å². The molecule has 2 aromatic rings. The van der Waals surface area contributed by atoms with Crippen molar-refractivity contribution >= 4 is 11.2 Å². The van der Waals surface area contributed by atoms with Crippen LogP contribution in [0.2, 0.25) is 0 Å². The Hall–Kier alpha value is -1.61. The van der Waals surface area contributed by atoms with Crippen LogP contribution < -0.4 is 0 Å². The molecule has 0 radical (unpaired) electrons. The molecule has 0 spiro atoms. The second-order valence-electron chi connectivity index (χ2n) is 3.71. The number of aromatic nitrogens is 4. The van der Waals surface area contributed by atoms with Gasteiger partial charge in [0.25, 0.3) is 0 Å². The molecule has 0 aliphatic rings. The topological polar surface area (TPSA) is 114 Å². The minimum atomic E-state index is -1.13. The number of aliphatic hydroxyl groups is 3. The van der Waals surface area contributed by atoms with E-state index in [1.54, 1.807) is 10.8 Å². The third-order valence-electron chi connectivity index (χ3n) is 2.50. The zero-order valence-electron chi connectivity index (χ0n) is 9.55. The molecular weight excluding hydrogens is 240 g/mol. The Bertz CT molecular complexity index is 503. The Morgan fingerprint density at radius 1 is 1.28 bits per heavy atom. The summed E-state index contributed by atoms with van der Waals surface area (Å²) in [5.74, 6) is 0. The molecule has 0 aromatic carbocycles. The van der Waals surface area contributed by atoms with Crippen LogP contribution in [-0.4, -0.2) is 60.3 Å². The van der Waals surface area contributed by atoms with Crippen LogP contribution in [0.5, 0.6) is 0 Å². The molecular formula is C10H14N4O4. The predicted molar refractivity (Wildman–Crippen MR) is 60.4 cm³/mol. The fourth-order valence-corrected chi connectivity index (χ4v) is 1.49. The number of ether oxygens (including phenoxy) is 1. The highest BCUT2D eigenvalue weighted by atomic mass is 16.5. The lowest BCUT2D eigenvalue weighted by Crippen LogP contribution is -2.35. The van der Waals surface area contributed by atoms with E-state index in [4.69, 9.17) is 14.9 Å². The first kappa shape index (κ1) is 12.8. The molecule has 8 nitrogen and oxygen atoms in total. The van der Waals surface area contributed by atoms with Crippen molar-refractivity contribution in [2.24, 2.45) is 0 Å². The van der Waals surface area contributed by atoms with Crippen molar-refractivity contribution < 1.29 is 20.1 Å². The number of hydrogen-bond acceptors (Lipinski definition) is 7. The summed E-state index contributed by atoms with van der Waals surface area (Å²) in [6, 6.07) is 0. The summed E-state index contributed by atoms with van der Waals surface area (Å²) in [5, 5.41) is 27.2. The van der Waals surface area contributed by atoms with Gasteiger partial charge in [-0.2, -0.15) is 0 Å². The highest BCUT2D eigenvalue weighted by Crippen LogP contribution is 2.08. The zero-order chi connectivity index (χ0) is 13.0. The third kappa shape index (κ3) is 2.62. The van der Waals surface area contributed by atoms with Gasteiger partial charge in [-0.1, -0.05) is 0 Å². The molecule has 2 rings (SSSR count). The van der Waals surface area contributed by atoms with Gasteiger partial charge in [-0.25, -0.2) is 15.0 Å². The van der Waals surface area contributed by atoms with Gasteiger partial charge < -0.3 is 20.1 Å². The minimum absolute atomic E-state index is 0.0653. The average molecular weight is 254 g/mol. The van der Waals surface area contributed by atoms with E-state index in [0.717, 1.165) is 0 Å². The summed E-state index contributed by atoms with van der Waals surface area (Å²) >= 11 is 0. The molecule has 0 aliphatic carbocycles. The van der Waals surface area contributed by atoms with Gasteiger partial charge in [0.1, 0.15) is 30.8 Å². The lowest BCUT2D eigenvalue weighted by atomic mass is 10.2. The van der Waals surface area contributed by atoms with E-state index in [1.807, 2.05) is 0 Å². The number of imidazole rings is 1. The molecule has 0 aliphatic heterocycles. The molecule has 98 valence electrons. The van der Waals surface area contributed by atoms with Gasteiger partial charge in [0.15, 0.2) is 5.65 Å². The maximum atomic E-state index is 9.37. The molecule has 0 saturated carbocycles. The second kappa shape index (κ2) is 5.83. The molecule has 0 bridgehead atoms. The zero-order valence-corrected chi connectivity index (χ0v) is 9.55. The maximum Gasteiger partial charge on any atom is 0.165 e. The number of aliphatic hydroxyl groups excluding tert-OH is 3. The van der Waals surface area contributed by atoms with Gasteiger partial charge in [0.2, 0.25) is 0 Å². The van der Waals surface area contributed by atoms with Crippen LogP contribution in [0.1, 0.15) is 0 Å². The first-order chi connectivity index (χ1) is 8.76. The number of nitrogens with zero attached hydrogens (tertiary/aromatic N) is 4. The number of rotatable bonds is 6. The second-order valence-corrected chi connectivity index (χ2v) is 3.71. The van der Waals surface area contributed by atoms with Crippen LogP contribution in [0, 0.1) is 0 Å². The van der Waals surface area contributed by atoms with Crippen LogP contribution >= 0.6 is 0 Å². The van der Waals surface area contributed by atoms with Crippen LogP contribution in [0.4, 0.5) is 0 Å². The molecule has 0 unspecified atom stereocenters. The van der Waals surface area contributed by atoms with Gasteiger partial charge in [0, 0.05) is 0 Å². The lowest BCUT2D eigenvalue weighted by molar-refractivity contribution is -0.0997. The molecule has 2 atom stereocenters. The summed E-state index contributed by atoms with van der Waals surface area (Å²) in [5.41, 5.74) is 1.23. The van der Waals surface area contributed by atoms with E-state index in [9.17, 15) is 5.11 Å². The Kier molecular flexibility index (Phi) is 4.15. The Morgan fingerprint density at radius 2 is 2.11 bits per heavy atom. The molecule has 8 heteroatoms. The van der Waals surface area contributed by atoms with E-state index in [1.165, 1.54) is 12.7 Å². The lowest BCUT2D eigenvalue weighted by Gasteiger charge is -2.19. The summed E-state index contributed by atoms with van der Waals surface area (Å²) in [4.78, 5) is 12.0. The predicted octanol–water partition coefficient (Wildman–Crippen LogP) is -1.49. The molecule has 3 N–H and O–H groups in total. The van der Waals surface area contributed by atoms with E-state index >= 15 is 0 Å². The van der Waals surface area contributed by atoms with Crippen molar-refractivity contribution in [2.75, 3.05) is 13.2 Å². The molecule has 2 heterocycles. The summed E-state index contributed by atoms with van der Waals surface area (Å²) < 4.78 is 6.91. The largest absolute Gasteiger partial charge is 0.394 e. The molecule has 0 saturated heterocycles. The third-order valence-corrected chi connectivity index (χ3v) is 2.50. The SMILES string of the molecule is OC[C@H](O)[C@@H](CO)OCn1cnc2cncnc21. The molecule has 2 aromatic heterocycles. The normalized spacial score (nSPS) is 14.8. The fourth-order valence-electron chi connectivity index (χ4n) is 1.49. The van der Waals surface area contributed by atoms with Gasteiger partial charge in [-0.15, -0.1) is 0 Å². The molecule has 18 heavy (non-hydrogen) atoms. The smallest absolute Gasteiger partial charge is 0.165 e. The molecule has 0 amide bonds. The number of fused-ring (bicyclic) bond motifs is 1. The van der Waals surface area contributed by atoms with Crippen molar-refractivity contribution in [2.45, 2.75) is 18.9 Å². The van der Waals surface area contributed by atoms with Gasteiger partial charge in [-0.3, -0.25) is 4.57 Å². The van der Waals surface area contributed by atoms with Gasteiger partial charge in [0.05, 0.1) is 25.7 Å². The number of hydrogen-bond donors (Lipinski definition) is 3.